The molecule has 0 aliphatic carbocycles. The Morgan fingerprint density at radius 1 is 1.18 bits per heavy atom. The van der Waals surface area contributed by atoms with Gasteiger partial charge in [0.1, 0.15) is 5.75 Å². The van der Waals surface area contributed by atoms with E-state index >= 15 is 0 Å². The van der Waals surface area contributed by atoms with Crippen LogP contribution in [0.15, 0.2) is 33.9 Å². The quantitative estimate of drug-likeness (QED) is 0.458. The molecule has 0 aliphatic rings. The SMILES string of the molecule is CCCCn1c(SCc2nc(CC(C)C)no2)nnc1-c1ccc(OC)cc1. The molecule has 3 aromatic rings. The maximum atomic E-state index is 5.37. The van der Waals surface area contributed by atoms with Gasteiger partial charge in [0.05, 0.1) is 12.9 Å². The third-order valence-corrected chi connectivity index (χ3v) is 5.18. The molecule has 0 saturated carbocycles. The molecule has 0 N–H and O–H groups in total. The summed E-state index contributed by atoms with van der Waals surface area (Å²) in [5.74, 6) is 4.16. The third kappa shape index (κ3) is 5.13. The third-order valence-electron chi connectivity index (χ3n) is 4.23. The first kappa shape index (κ1) is 20.4. The number of hydrogen-bond donors (Lipinski definition) is 0. The zero-order valence-electron chi connectivity index (χ0n) is 16.9. The van der Waals surface area contributed by atoms with Crippen molar-refractivity contribution in [2.24, 2.45) is 5.92 Å². The summed E-state index contributed by atoms with van der Waals surface area (Å²) in [6.45, 7) is 7.33. The van der Waals surface area contributed by atoms with E-state index in [-0.39, 0.29) is 0 Å². The van der Waals surface area contributed by atoms with Crippen molar-refractivity contribution < 1.29 is 9.26 Å². The number of rotatable bonds is 10. The molecule has 28 heavy (non-hydrogen) atoms. The van der Waals surface area contributed by atoms with E-state index in [1.165, 1.54) is 0 Å². The largest absolute Gasteiger partial charge is 0.497 e. The maximum Gasteiger partial charge on any atom is 0.237 e. The Bertz CT molecular complexity index is 873. The van der Waals surface area contributed by atoms with Gasteiger partial charge in [-0.3, -0.25) is 0 Å². The molecule has 0 fully saturated rings. The standard InChI is InChI=1S/C20H27N5O2S/c1-5-6-11-25-19(15-7-9-16(26-4)10-8-15)22-23-20(25)28-13-18-21-17(24-27-18)12-14(2)3/h7-10,14H,5-6,11-13H2,1-4H3. The minimum atomic E-state index is 0.502. The molecular weight excluding hydrogens is 374 g/mol. The molecule has 0 unspecified atom stereocenters. The first-order valence-corrected chi connectivity index (χ1v) is 10.6. The van der Waals surface area contributed by atoms with Crippen LogP contribution in [0.25, 0.3) is 11.4 Å². The van der Waals surface area contributed by atoms with Crippen molar-refractivity contribution >= 4 is 11.8 Å². The van der Waals surface area contributed by atoms with Crippen LogP contribution in [0, 0.1) is 5.92 Å². The van der Waals surface area contributed by atoms with E-state index in [1.807, 2.05) is 24.3 Å². The number of unbranched alkanes of at least 4 members (excludes halogenated alkanes) is 1. The Hall–Kier alpha value is -2.35. The van der Waals surface area contributed by atoms with Crippen LogP contribution in [0.1, 0.15) is 45.3 Å². The lowest BCUT2D eigenvalue weighted by Crippen LogP contribution is -2.03. The molecule has 0 saturated heterocycles. The van der Waals surface area contributed by atoms with Crippen LogP contribution >= 0.6 is 11.8 Å². The molecule has 0 bridgehead atoms. The van der Waals surface area contributed by atoms with Gasteiger partial charge < -0.3 is 13.8 Å². The van der Waals surface area contributed by atoms with Gasteiger partial charge in [0, 0.05) is 18.5 Å². The lowest BCUT2D eigenvalue weighted by Gasteiger charge is -2.09. The summed E-state index contributed by atoms with van der Waals surface area (Å²) in [4.78, 5) is 4.47. The van der Waals surface area contributed by atoms with E-state index in [0.29, 0.717) is 17.6 Å². The highest BCUT2D eigenvalue weighted by Crippen LogP contribution is 2.27. The van der Waals surface area contributed by atoms with Crippen molar-refractivity contribution in [2.45, 2.75) is 57.5 Å². The van der Waals surface area contributed by atoms with Gasteiger partial charge in [-0.05, 0) is 36.6 Å². The monoisotopic (exact) mass is 401 g/mol. The van der Waals surface area contributed by atoms with Crippen LogP contribution in [0.4, 0.5) is 0 Å². The molecule has 0 aliphatic heterocycles. The number of nitrogens with zero attached hydrogens (tertiary/aromatic N) is 5. The highest BCUT2D eigenvalue weighted by molar-refractivity contribution is 7.98. The number of ether oxygens (including phenoxy) is 1. The minimum Gasteiger partial charge on any atom is -0.497 e. The van der Waals surface area contributed by atoms with E-state index < -0.39 is 0 Å². The molecule has 1 aromatic carbocycles. The summed E-state index contributed by atoms with van der Waals surface area (Å²) in [5.41, 5.74) is 1.02. The van der Waals surface area contributed by atoms with Crippen molar-refractivity contribution in [3.63, 3.8) is 0 Å². The highest BCUT2D eigenvalue weighted by atomic mass is 32.2. The maximum absolute atomic E-state index is 5.37. The fourth-order valence-corrected chi connectivity index (χ4v) is 3.59. The lowest BCUT2D eigenvalue weighted by atomic mass is 10.1. The molecule has 8 heteroatoms. The zero-order valence-corrected chi connectivity index (χ0v) is 17.7. The second-order valence-corrected chi connectivity index (χ2v) is 7.97. The fraction of sp³-hybridized carbons (Fsp3) is 0.500. The summed E-state index contributed by atoms with van der Waals surface area (Å²) in [7, 11) is 1.66. The van der Waals surface area contributed by atoms with Crippen LogP contribution in [0.2, 0.25) is 0 Å². The predicted octanol–water partition coefficient (Wildman–Crippen LogP) is 4.63. The Morgan fingerprint density at radius 2 is 1.96 bits per heavy atom. The van der Waals surface area contributed by atoms with Crippen LogP contribution in [-0.2, 0) is 18.7 Å². The Balaban J connectivity index is 1.76. The Labute approximate surface area is 169 Å². The molecule has 2 heterocycles. The minimum absolute atomic E-state index is 0.502. The average molecular weight is 402 g/mol. The highest BCUT2D eigenvalue weighted by Gasteiger charge is 2.16. The van der Waals surface area contributed by atoms with Gasteiger partial charge in [-0.1, -0.05) is 44.1 Å². The number of methoxy groups -OCH3 is 1. The van der Waals surface area contributed by atoms with Crippen molar-refractivity contribution in [1.82, 2.24) is 24.9 Å². The average Bonchev–Trinajstić information content (AvgIpc) is 3.30. The Kier molecular flexibility index (Phi) is 7.08. The number of thioether (sulfide) groups is 1. The number of hydrogen-bond acceptors (Lipinski definition) is 7. The van der Waals surface area contributed by atoms with Crippen molar-refractivity contribution in [2.75, 3.05) is 7.11 Å². The molecule has 0 atom stereocenters. The van der Waals surface area contributed by atoms with Gasteiger partial charge in [0.25, 0.3) is 0 Å². The molecule has 2 aromatic heterocycles. The van der Waals surface area contributed by atoms with Crippen LogP contribution in [-0.4, -0.2) is 32.0 Å². The first-order chi connectivity index (χ1) is 13.6. The summed E-state index contributed by atoms with van der Waals surface area (Å²) in [5, 5.41) is 13.8. The van der Waals surface area contributed by atoms with Gasteiger partial charge in [-0.25, -0.2) is 0 Å². The normalized spacial score (nSPS) is 11.3. The van der Waals surface area contributed by atoms with Crippen LogP contribution in [0.5, 0.6) is 5.75 Å². The lowest BCUT2D eigenvalue weighted by molar-refractivity contribution is 0.382. The molecule has 7 nitrogen and oxygen atoms in total. The molecule has 3 rings (SSSR count). The zero-order chi connectivity index (χ0) is 19.9. The summed E-state index contributed by atoms with van der Waals surface area (Å²) in [6.07, 6.45) is 2.99. The molecule has 0 spiro atoms. The van der Waals surface area contributed by atoms with E-state index in [1.54, 1.807) is 18.9 Å². The first-order valence-electron chi connectivity index (χ1n) is 9.62. The van der Waals surface area contributed by atoms with E-state index in [9.17, 15) is 0 Å². The van der Waals surface area contributed by atoms with E-state index in [0.717, 1.165) is 53.9 Å². The molecular formula is C20H27N5O2S. The van der Waals surface area contributed by atoms with Crippen molar-refractivity contribution in [3.8, 4) is 17.1 Å². The Morgan fingerprint density at radius 3 is 2.64 bits per heavy atom. The van der Waals surface area contributed by atoms with Gasteiger partial charge in [0.15, 0.2) is 16.8 Å². The van der Waals surface area contributed by atoms with Gasteiger partial charge >= 0.3 is 0 Å². The van der Waals surface area contributed by atoms with Gasteiger partial charge in [0.2, 0.25) is 5.89 Å². The second-order valence-electron chi connectivity index (χ2n) is 7.03. The second kappa shape index (κ2) is 9.73. The van der Waals surface area contributed by atoms with Crippen LogP contribution < -0.4 is 4.74 Å². The van der Waals surface area contributed by atoms with Gasteiger partial charge in [-0.15, -0.1) is 10.2 Å². The smallest absolute Gasteiger partial charge is 0.237 e. The van der Waals surface area contributed by atoms with Crippen LogP contribution in [0.3, 0.4) is 0 Å². The van der Waals surface area contributed by atoms with E-state index in [4.69, 9.17) is 9.26 Å². The van der Waals surface area contributed by atoms with Crippen molar-refractivity contribution in [1.29, 1.82) is 0 Å². The number of benzene rings is 1. The predicted molar refractivity (Wildman–Crippen MR) is 109 cm³/mol. The topological polar surface area (TPSA) is 78.9 Å². The molecule has 150 valence electrons. The fourth-order valence-electron chi connectivity index (χ4n) is 2.79. The number of aromatic nitrogens is 5. The van der Waals surface area contributed by atoms with Gasteiger partial charge in [-0.2, -0.15) is 4.98 Å². The molecule has 0 amide bonds. The summed E-state index contributed by atoms with van der Waals surface area (Å²) < 4.78 is 12.8. The summed E-state index contributed by atoms with van der Waals surface area (Å²) in [6, 6.07) is 7.90. The molecule has 0 radical (unpaired) electrons. The summed E-state index contributed by atoms with van der Waals surface area (Å²) >= 11 is 1.57. The van der Waals surface area contributed by atoms with Crippen molar-refractivity contribution in [3.05, 3.63) is 36.0 Å². The van der Waals surface area contributed by atoms with E-state index in [2.05, 4.69) is 45.7 Å².